The number of hydrogen-bond acceptors (Lipinski definition) is 6. The molecule has 1 aliphatic heterocycles. The fraction of sp³-hybridized carbons (Fsp3) is 0.562. The van der Waals surface area contributed by atoms with E-state index in [-0.39, 0.29) is 12.0 Å². The molecule has 5 atom stereocenters. The van der Waals surface area contributed by atoms with E-state index in [1.165, 1.54) is 0 Å². The molecule has 0 amide bonds. The number of aromatic nitrogens is 2. The number of aliphatic hydroxyl groups is 3. The summed E-state index contributed by atoms with van der Waals surface area (Å²) < 4.78 is 7.18. The van der Waals surface area contributed by atoms with E-state index in [4.69, 9.17) is 27.9 Å². The van der Waals surface area contributed by atoms with Crippen LogP contribution in [-0.2, 0) is 4.74 Å². The largest absolute Gasteiger partial charge is 0.387 e. The maximum atomic E-state index is 10.6. The number of ether oxygens (including phenoxy) is 1. The zero-order valence-electron chi connectivity index (χ0n) is 14.1. The van der Waals surface area contributed by atoms with E-state index in [1.54, 1.807) is 19.1 Å². The molecule has 0 radical (unpaired) electrons. The number of anilines is 1. The van der Waals surface area contributed by atoms with Crippen molar-refractivity contribution in [3.8, 4) is 0 Å². The van der Waals surface area contributed by atoms with E-state index in [1.807, 2.05) is 18.4 Å². The molecule has 1 aromatic heterocycles. The number of nitrogens with one attached hydrogen (secondary N) is 1. The molecule has 3 rings (SSSR count). The zero-order chi connectivity index (χ0) is 18.5. The smallest absolute Gasteiger partial charge is 0.279 e. The molecule has 2 aromatic rings. The highest BCUT2D eigenvalue weighted by Gasteiger charge is 2.53. The highest BCUT2D eigenvalue weighted by Crippen LogP contribution is 2.37. The standard InChI is InChI=1S/C16H21Cl2N3O4/c1-4-7(2)21-10-6-5-9(17)11(18)12(10)19-15(21)20-16(24)14(23)13(22)8(3)25-16/h5-8,13-14,22-24H,4H2,1-3H3,(H,19,20)/t7-,8?,13?,14?,16?/m0/s1. The van der Waals surface area contributed by atoms with Crippen molar-refractivity contribution < 1.29 is 20.1 Å². The molecular weight excluding hydrogens is 369 g/mol. The Morgan fingerprint density at radius 3 is 2.64 bits per heavy atom. The summed E-state index contributed by atoms with van der Waals surface area (Å²) in [6.45, 7) is 5.56. The first-order chi connectivity index (χ1) is 11.7. The van der Waals surface area contributed by atoms with E-state index in [0.29, 0.717) is 15.6 Å². The molecule has 0 aliphatic carbocycles. The van der Waals surface area contributed by atoms with Crippen molar-refractivity contribution in [3.05, 3.63) is 22.2 Å². The number of aliphatic hydroxyl groups excluding tert-OH is 2. The zero-order valence-corrected chi connectivity index (χ0v) is 15.6. The van der Waals surface area contributed by atoms with Gasteiger partial charge in [0.2, 0.25) is 5.95 Å². The van der Waals surface area contributed by atoms with Gasteiger partial charge in [0.15, 0.2) is 6.10 Å². The number of fused-ring (bicyclic) bond motifs is 1. The quantitative estimate of drug-likeness (QED) is 0.599. The number of benzene rings is 1. The molecule has 138 valence electrons. The van der Waals surface area contributed by atoms with Gasteiger partial charge in [-0.2, -0.15) is 0 Å². The summed E-state index contributed by atoms with van der Waals surface area (Å²) in [6.07, 6.45) is -2.71. The Bertz CT molecular complexity index is 799. The Balaban J connectivity index is 2.11. The van der Waals surface area contributed by atoms with Crippen molar-refractivity contribution in [1.82, 2.24) is 9.55 Å². The summed E-state index contributed by atoms with van der Waals surface area (Å²) >= 11 is 12.3. The fourth-order valence-electron chi connectivity index (χ4n) is 3.00. The van der Waals surface area contributed by atoms with Crippen molar-refractivity contribution in [2.24, 2.45) is 0 Å². The van der Waals surface area contributed by atoms with Gasteiger partial charge in [-0.1, -0.05) is 30.1 Å². The first-order valence-electron chi connectivity index (χ1n) is 8.10. The van der Waals surface area contributed by atoms with Gasteiger partial charge in [-0.15, -0.1) is 0 Å². The lowest BCUT2D eigenvalue weighted by molar-refractivity contribution is -0.205. The minimum Gasteiger partial charge on any atom is -0.387 e. The fourth-order valence-corrected chi connectivity index (χ4v) is 3.35. The molecule has 4 N–H and O–H groups in total. The highest BCUT2D eigenvalue weighted by atomic mass is 35.5. The number of halogens is 2. The third kappa shape index (κ3) is 2.99. The lowest BCUT2D eigenvalue weighted by Crippen LogP contribution is -2.50. The van der Waals surface area contributed by atoms with Gasteiger partial charge in [0.1, 0.15) is 11.6 Å². The lowest BCUT2D eigenvalue weighted by atomic mass is 10.1. The summed E-state index contributed by atoms with van der Waals surface area (Å²) in [4.78, 5) is 4.44. The van der Waals surface area contributed by atoms with Crippen LogP contribution in [0.5, 0.6) is 0 Å². The summed E-state index contributed by atoms with van der Waals surface area (Å²) in [6, 6.07) is 3.49. The molecule has 1 fully saturated rings. The molecule has 1 saturated heterocycles. The van der Waals surface area contributed by atoms with E-state index in [2.05, 4.69) is 10.3 Å². The van der Waals surface area contributed by atoms with Crippen molar-refractivity contribution in [2.45, 2.75) is 57.5 Å². The maximum absolute atomic E-state index is 10.6. The molecule has 1 aromatic carbocycles. The van der Waals surface area contributed by atoms with E-state index in [9.17, 15) is 15.3 Å². The van der Waals surface area contributed by atoms with Crippen LogP contribution in [0.25, 0.3) is 11.0 Å². The second kappa shape index (κ2) is 6.57. The summed E-state index contributed by atoms with van der Waals surface area (Å²) in [7, 11) is 0. The van der Waals surface area contributed by atoms with Crippen LogP contribution in [0.1, 0.15) is 33.2 Å². The van der Waals surface area contributed by atoms with Gasteiger partial charge in [-0.25, -0.2) is 4.98 Å². The second-order valence-corrected chi connectivity index (χ2v) is 7.16. The van der Waals surface area contributed by atoms with Crippen LogP contribution in [0.4, 0.5) is 5.95 Å². The second-order valence-electron chi connectivity index (χ2n) is 6.37. The Morgan fingerprint density at radius 2 is 2.08 bits per heavy atom. The normalized spacial score (nSPS) is 30.8. The minimum atomic E-state index is -2.16. The molecule has 0 spiro atoms. The van der Waals surface area contributed by atoms with Crippen LogP contribution in [0, 0.1) is 0 Å². The van der Waals surface area contributed by atoms with Gasteiger partial charge in [-0.05, 0) is 32.4 Å². The Hall–Kier alpha value is -1.09. The molecule has 2 heterocycles. The van der Waals surface area contributed by atoms with Crippen LogP contribution in [0.2, 0.25) is 10.0 Å². The lowest BCUT2D eigenvalue weighted by Gasteiger charge is -2.28. The van der Waals surface area contributed by atoms with Gasteiger partial charge in [0.25, 0.3) is 5.91 Å². The molecular formula is C16H21Cl2N3O4. The number of imidazole rings is 1. The monoisotopic (exact) mass is 389 g/mol. The van der Waals surface area contributed by atoms with Crippen LogP contribution in [-0.4, -0.2) is 49.1 Å². The van der Waals surface area contributed by atoms with Gasteiger partial charge in [-0.3, -0.25) is 0 Å². The molecule has 1 aliphatic rings. The first kappa shape index (κ1) is 18.7. The Labute approximate surface area is 155 Å². The number of nitrogens with zero attached hydrogens (tertiary/aromatic N) is 2. The Kier molecular flexibility index (Phi) is 4.91. The Morgan fingerprint density at radius 1 is 1.40 bits per heavy atom. The van der Waals surface area contributed by atoms with Crippen molar-refractivity contribution in [3.63, 3.8) is 0 Å². The van der Waals surface area contributed by atoms with E-state index in [0.717, 1.165) is 11.9 Å². The number of hydrogen-bond donors (Lipinski definition) is 4. The van der Waals surface area contributed by atoms with Gasteiger partial charge in [0, 0.05) is 6.04 Å². The molecule has 0 saturated carbocycles. The van der Waals surface area contributed by atoms with E-state index >= 15 is 0 Å². The average molecular weight is 390 g/mol. The van der Waals surface area contributed by atoms with E-state index < -0.39 is 24.2 Å². The van der Waals surface area contributed by atoms with Crippen LogP contribution >= 0.6 is 23.2 Å². The maximum Gasteiger partial charge on any atom is 0.279 e. The molecule has 7 nitrogen and oxygen atoms in total. The van der Waals surface area contributed by atoms with Crippen LogP contribution in [0.3, 0.4) is 0 Å². The van der Waals surface area contributed by atoms with Gasteiger partial charge >= 0.3 is 0 Å². The topological polar surface area (TPSA) is 99.8 Å². The predicted molar refractivity (Wildman–Crippen MR) is 95.9 cm³/mol. The van der Waals surface area contributed by atoms with Crippen molar-refractivity contribution in [2.75, 3.05) is 5.32 Å². The summed E-state index contributed by atoms with van der Waals surface area (Å²) in [5, 5.41) is 34.0. The van der Waals surface area contributed by atoms with Crippen LogP contribution < -0.4 is 5.32 Å². The molecule has 25 heavy (non-hydrogen) atoms. The van der Waals surface area contributed by atoms with Crippen molar-refractivity contribution in [1.29, 1.82) is 0 Å². The summed E-state index contributed by atoms with van der Waals surface area (Å²) in [5.41, 5.74) is 1.21. The van der Waals surface area contributed by atoms with Crippen molar-refractivity contribution >= 4 is 40.2 Å². The third-order valence-electron chi connectivity index (χ3n) is 4.65. The SMILES string of the molecule is CC[C@H](C)n1c(NC2(O)OC(C)C(O)C2O)nc2c(Cl)c(Cl)ccc21. The predicted octanol–water partition coefficient (Wildman–Crippen LogP) is 2.51. The number of rotatable bonds is 4. The van der Waals surface area contributed by atoms with Gasteiger partial charge < -0.3 is 29.9 Å². The average Bonchev–Trinajstić information content (AvgIpc) is 3.02. The molecule has 0 bridgehead atoms. The first-order valence-corrected chi connectivity index (χ1v) is 8.85. The highest BCUT2D eigenvalue weighted by molar-refractivity contribution is 6.45. The molecule has 9 heteroatoms. The minimum absolute atomic E-state index is 0.0224. The molecule has 4 unspecified atom stereocenters. The van der Waals surface area contributed by atoms with Crippen LogP contribution in [0.15, 0.2) is 12.1 Å². The third-order valence-corrected chi connectivity index (χ3v) is 5.44. The van der Waals surface area contributed by atoms with Gasteiger partial charge in [0.05, 0.1) is 21.7 Å². The summed E-state index contributed by atoms with van der Waals surface area (Å²) in [5.74, 6) is -1.90.